The monoisotopic (exact) mass is 234 g/mol. The molecule has 1 aromatic heterocycles. The van der Waals surface area contributed by atoms with Crippen molar-refractivity contribution in [2.75, 3.05) is 0 Å². The highest BCUT2D eigenvalue weighted by molar-refractivity contribution is 5.86. The van der Waals surface area contributed by atoms with Gasteiger partial charge in [0.15, 0.2) is 0 Å². The number of benzene rings is 2. The molecule has 0 aliphatic rings. The fourth-order valence-electron chi connectivity index (χ4n) is 2.10. The predicted octanol–water partition coefficient (Wildman–Crippen LogP) is 3.36. The van der Waals surface area contributed by atoms with Crippen LogP contribution in [0.5, 0.6) is 0 Å². The van der Waals surface area contributed by atoms with E-state index in [1.165, 1.54) is 16.5 Å². The molecule has 0 spiro atoms. The van der Waals surface area contributed by atoms with Gasteiger partial charge in [-0.2, -0.15) is 0 Å². The van der Waals surface area contributed by atoms with Gasteiger partial charge in [-0.15, -0.1) is 0 Å². The third-order valence-corrected chi connectivity index (χ3v) is 3.16. The Morgan fingerprint density at radius 2 is 1.61 bits per heavy atom. The van der Waals surface area contributed by atoms with Gasteiger partial charge in [-0.05, 0) is 34.2 Å². The predicted molar refractivity (Wildman–Crippen MR) is 75.1 cm³/mol. The SMILES string of the molecule is NCc1ccc(-c2ccc3ccncc3c2)cc1. The van der Waals surface area contributed by atoms with Gasteiger partial charge in [0, 0.05) is 24.3 Å². The number of pyridine rings is 1. The van der Waals surface area contributed by atoms with Crippen molar-refractivity contribution in [1.82, 2.24) is 4.98 Å². The van der Waals surface area contributed by atoms with Crippen LogP contribution in [0.2, 0.25) is 0 Å². The Morgan fingerprint density at radius 3 is 2.39 bits per heavy atom. The van der Waals surface area contributed by atoms with Gasteiger partial charge in [0.05, 0.1) is 0 Å². The van der Waals surface area contributed by atoms with E-state index in [-0.39, 0.29) is 0 Å². The zero-order valence-electron chi connectivity index (χ0n) is 10.0. The highest BCUT2D eigenvalue weighted by Gasteiger charge is 1.99. The molecule has 2 N–H and O–H groups in total. The first-order valence-electron chi connectivity index (χ1n) is 6.00. The molecular weight excluding hydrogens is 220 g/mol. The summed E-state index contributed by atoms with van der Waals surface area (Å²) in [5.74, 6) is 0. The summed E-state index contributed by atoms with van der Waals surface area (Å²) in [5, 5.41) is 2.38. The molecule has 18 heavy (non-hydrogen) atoms. The lowest BCUT2D eigenvalue weighted by molar-refractivity contribution is 1.07. The lowest BCUT2D eigenvalue weighted by Gasteiger charge is -2.05. The summed E-state index contributed by atoms with van der Waals surface area (Å²) in [6.07, 6.45) is 3.71. The minimum absolute atomic E-state index is 0.585. The topological polar surface area (TPSA) is 38.9 Å². The van der Waals surface area contributed by atoms with E-state index in [1.54, 1.807) is 0 Å². The highest BCUT2D eigenvalue weighted by atomic mass is 14.6. The molecule has 3 aromatic rings. The van der Waals surface area contributed by atoms with E-state index in [9.17, 15) is 0 Å². The lowest BCUT2D eigenvalue weighted by atomic mass is 10.0. The average Bonchev–Trinajstić information content (AvgIpc) is 2.47. The zero-order chi connectivity index (χ0) is 12.4. The molecule has 0 aliphatic heterocycles. The molecule has 2 heteroatoms. The Labute approximate surface area is 106 Å². The molecule has 0 saturated heterocycles. The summed E-state index contributed by atoms with van der Waals surface area (Å²) in [6, 6.07) is 16.8. The van der Waals surface area contributed by atoms with E-state index in [0.29, 0.717) is 6.54 Å². The van der Waals surface area contributed by atoms with Crippen LogP contribution in [0.25, 0.3) is 21.9 Å². The van der Waals surface area contributed by atoms with Crippen molar-refractivity contribution in [1.29, 1.82) is 0 Å². The molecule has 0 atom stereocenters. The molecule has 0 unspecified atom stereocenters. The smallest absolute Gasteiger partial charge is 0.0346 e. The third kappa shape index (κ3) is 1.98. The summed E-state index contributed by atoms with van der Waals surface area (Å²) in [6.45, 7) is 0.585. The molecule has 0 saturated carbocycles. The molecule has 0 aliphatic carbocycles. The van der Waals surface area contributed by atoms with E-state index in [4.69, 9.17) is 5.73 Å². The van der Waals surface area contributed by atoms with Gasteiger partial charge in [-0.3, -0.25) is 4.98 Å². The van der Waals surface area contributed by atoms with E-state index >= 15 is 0 Å². The van der Waals surface area contributed by atoms with Crippen LogP contribution in [0, 0.1) is 0 Å². The fraction of sp³-hybridized carbons (Fsp3) is 0.0625. The lowest BCUT2D eigenvalue weighted by Crippen LogP contribution is -1.95. The van der Waals surface area contributed by atoms with E-state index < -0.39 is 0 Å². The molecule has 2 aromatic carbocycles. The molecule has 0 fully saturated rings. The number of rotatable bonds is 2. The minimum Gasteiger partial charge on any atom is -0.326 e. The highest BCUT2D eigenvalue weighted by Crippen LogP contribution is 2.24. The molecule has 3 rings (SSSR count). The van der Waals surface area contributed by atoms with E-state index in [2.05, 4.69) is 47.4 Å². The van der Waals surface area contributed by atoms with Crippen LogP contribution in [-0.4, -0.2) is 4.98 Å². The summed E-state index contributed by atoms with van der Waals surface area (Å²) in [7, 11) is 0. The molecule has 0 bridgehead atoms. The Hall–Kier alpha value is -2.19. The average molecular weight is 234 g/mol. The molecule has 1 heterocycles. The number of fused-ring (bicyclic) bond motifs is 1. The van der Waals surface area contributed by atoms with Crippen LogP contribution in [0.4, 0.5) is 0 Å². The normalized spacial score (nSPS) is 10.7. The van der Waals surface area contributed by atoms with Gasteiger partial charge in [-0.25, -0.2) is 0 Å². The summed E-state index contributed by atoms with van der Waals surface area (Å²) in [4.78, 5) is 4.16. The first kappa shape index (κ1) is 10.9. The van der Waals surface area contributed by atoms with E-state index in [1.807, 2.05) is 18.5 Å². The van der Waals surface area contributed by atoms with Crippen molar-refractivity contribution >= 4 is 10.8 Å². The minimum atomic E-state index is 0.585. The van der Waals surface area contributed by atoms with Crippen LogP contribution in [-0.2, 0) is 6.54 Å². The Bertz CT molecular complexity index is 672. The van der Waals surface area contributed by atoms with Crippen LogP contribution < -0.4 is 5.73 Å². The largest absolute Gasteiger partial charge is 0.326 e. The van der Waals surface area contributed by atoms with Crippen molar-refractivity contribution in [2.24, 2.45) is 5.73 Å². The van der Waals surface area contributed by atoms with Crippen LogP contribution in [0.15, 0.2) is 60.9 Å². The zero-order valence-corrected chi connectivity index (χ0v) is 10.0. The number of hydrogen-bond acceptors (Lipinski definition) is 2. The number of nitrogens with two attached hydrogens (primary N) is 1. The van der Waals surface area contributed by atoms with E-state index in [0.717, 1.165) is 10.9 Å². The Kier molecular flexibility index (Phi) is 2.79. The third-order valence-electron chi connectivity index (χ3n) is 3.16. The van der Waals surface area contributed by atoms with Gasteiger partial charge in [0.2, 0.25) is 0 Å². The molecule has 0 radical (unpaired) electrons. The molecule has 2 nitrogen and oxygen atoms in total. The summed E-state index contributed by atoms with van der Waals surface area (Å²) in [5.41, 5.74) is 9.17. The number of aromatic nitrogens is 1. The number of hydrogen-bond donors (Lipinski definition) is 1. The van der Waals surface area contributed by atoms with Gasteiger partial charge in [-0.1, -0.05) is 36.4 Å². The summed E-state index contributed by atoms with van der Waals surface area (Å²) >= 11 is 0. The van der Waals surface area contributed by atoms with Crippen molar-refractivity contribution in [2.45, 2.75) is 6.54 Å². The van der Waals surface area contributed by atoms with Crippen molar-refractivity contribution < 1.29 is 0 Å². The molecule has 0 amide bonds. The molecular formula is C16H14N2. The summed E-state index contributed by atoms with van der Waals surface area (Å²) < 4.78 is 0. The second kappa shape index (κ2) is 4.59. The second-order valence-corrected chi connectivity index (χ2v) is 4.34. The van der Waals surface area contributed by atoms with Crippen molar-refractivity contribution in [3.8, 4) is 11.1 Å². The first-order chi connectivity index (χ1) is 8.86. The van der Waals surface area contributed by atoms with Crippen LogP contribution >= 0.6 is 0 Å². The number of nitrogens with zero attached hydrogens (tertiary/aromatic N) is 1. The van der Waals surface area contributed by atoms with Crippen LogP contribution in [0.1, 0.15) is 5.56 Å². The van der Waals surface area contributed by atoms with Crippen molar-refractivity contribution in [3.63, 3.8) is 0 Å². The van der Waals surface area contributed by atoms with Gasteiger partial charge in [0.1, 0.15) is 0 Å². The van der Waals surface area contributed by atoms with Gasteiger partial charge in [0.25, 0.3) is 0 Å². The maximum Gasteiger partial charge on any atom is 0.0346 e. The first-order valence-corrected chi connectivity index (χ1v) is 6.00. The molecule has 88 valence electrons. The van der Waals surface area contributed by atoms with Gasteiger partial charge >= 0.3 is 0 Å². The second-order valence-electron chi connectivity index (χ2n) is 4.34. The fourth-order valence-corrected chi connectivity index (χ4v) is 2.10. The maximum atomic E-state index is 5.60. The van der Waals surface area contributed by atoms with Gasteiger partial charge < -0.3 is 5.73 Å². The van der Waals surface area contributed by atoms with Crippen LogP contribution in [0.3, 0.4) is 0 Å². The Morgan fingerprint density at radius 1 is 0.833 bits per heavy atom. The van der Waals surface area contributed by atoms with Crippen molar-refractivity contribution in [3.05, 3.63) is 66.5 Å². The maximum absolute atomic E-state index is 5.60. The Balaban J connectivity index is 2.07. The quantitative estimate of drug-likeness (QED) is 0.738. The standard InChI is InChI=1S/C16H14N2/c17-10-12-1-3-13(4-2-12)15-6-5-14-7-8-18-11-16(14)9-15/h1-9,11H,10,17H2.